The molecular formula is C16H17N5. The van der Waals surface area contributed by atoms with Crippen LogP contribution in [0.5, 0.6) is 0 Å². The van der Waals surface area contributed by atoms with Crippen LogP contribution in [0.2, 0.25) is 0 Å². The lowest BCUT2D eigenvalue weighted by Gasteiger charge is -2.03. The maximum absolute atomic E-state index is 6.10. The van der Waals surface area contributed by atoms with Crippen molar-refractivity contribution < 1.29 is 0 Å². The molecule has 0 fully saturated rings. The van der Waals surface area contributed by atoms with Gasteiger partial charge in [-0.15, -0.1) is 0 Å². The molecular weight excluding hydrogens is 262 g/mol. The fourth-order valence-electron chi connectivity index (χ4n) is 2.14. The van der Waals surface area contributed by atoms with E-state index in [-0.39, 0.29) is 6.04 Å². The number of imidazole rings is 1. The van der Waals surface area contributed by atoms with Crippen LogP contribution in [0.1, 0.15) is 25.2 Å². The van der Waals surface area contributed by atoms with Gasteiger partial charge in [-0.2, -0.15) is 0 Å². The fraction of sp³-hybridized carbons (Fsp3) is 0.188. The number of aromatic amines is 1. The van der Waals surface area contributed by atoms with E-state index < -0.39 is 0 Å². The molecule has 3 heterocycles. The first-order chi connectivity index (χ1) is 10.3. The third-order valence-corrected chi connectivity index (χ3v) is 3.34. The number of nitrogens with zero attached hydrogens (tertiary/aromatic N) is 3. The van der Waals surface area contributed by atoms with E-state index in [2.05, 4.69) is 19.9 Å². The molecule has 0 amide bonds. The van der Waals surface area contributed by atoms with Crippen molar-refractivity contribution in [3.8, 4) is 22.8 Å². The van der Waals surface area contributed by atoms with Crippen LogP contribution in [0.3, 0.4) is 0 Å². The zero-order chi connectivity index (χ0) is 14.7. The van der Waals surface area contributed by atoms with Gasteiger partial charge in [-0.25, -0.2) is 4.98 Å². The minimum absolute atomic E-state index is 0.120. The van der Waals surface area contributed by atoms with Crippen LogP contribution in [0.4, 0.5) is 0 Å². The number of aromatic nitrogens is 4. The van der Waals surface area contributed by atoms with Crippen molar-refractivity contribution in [2.75, 3.05) is 0 Å². The average Bonchev–Trinajstić information content (AvgIpc) is 3.01. The molecule has 21 heavy (non-hydrogen) atoms. The lowest BCUT2D eigenvalue weighted by molar-refractivity contribution is 0.659. The molecule has 0 spiro atoms. The van der Waals surface area contributed by atoms with E-state index in [4.69, 9.17) is 5.73 Å². The Morgan fingerprint density at radius 3 is 2.29 bits per heavy atom. The van der Waals surface area contributed by atoms with Crippen molar-refractivity contribution in [2.45, 2.75) is 19.4 Å². The van der Waals surface area contributed by atoms with Gasteiger partial charge in [0.1, 0.15) is 11.5 Å². The number of H-pyrrole nitrogens is 1. The van der Waals surface area contributed by atoms with Crippen molar-refractivity contribution in [3.05, 3.63) is 54.6 Å². The fourth-order valence-corrected chi connectivity index (χ4v) is 2.14. The Labute approximate surface area is 123 Å². The van der Waals surface area contributed by atoms with Crippen LogP contribution in [0, 0.1) is 0 Å². The molecule has 3 aromatic rings. The Balaban J connectivity index is 2.15. The van der Waals surface area contributed by atoms with Gasteiger partial charge in [0.05, 0.1) is 23.1 Å². The van der Waals surface area contributed by atoms with Crippen LogP contribution in [-0.2, 0) is 0 Å². The maximum Gasteiger partial charge on any atom is 0.124 e. The van der Waals surface area contributed by atoms with Gasteiger partial charge in [0.25, 0.3) is 0 Å². The van der Waals surface area contributed by atoms with Crippen molar-refractivity contribution in [1.29, 1.82) is 0 Å². The summed E-state index contributed by atoms with van der Waals surface area (Å²) >= 11 is 0. The maximum atomic E-state index is 6.10. The van der Waals surface area contributed by atoms with Gasteiger partial charge in [-0.05, 0) is 30.7 Å². The molecule has 5 heteroatoms. The third kappa shape index (κ3) is 2.68. The van der Waals surface area contributed by atoms with E-state index in [0.29, 0.717) is 0 Å². The summed E-state index contributed by atoms with van der Waals surface area (Å²) in [5.74, 6) is 0.763. The molecule has 5 nitrogen and oxygen atoms in total. The number of nitrogens with one attached hydrogen (secondary N) is 1. The summed E-state index contributed by atoms with van der Waals surface area (Å²) < 4.78 is 0. The Morgan fingerprint density at radius 2 is 1.71 bits per heavy atom. The largest absolute Gasteiger partial charge is 0.339 e. The van der Waals surface area contributed by atoms with E-state index in [1.54, 1.807) is 12.4 Å². The minimum atomic E-state index is -0.120. The molecule has 0 saturated heterocycles. The van der Waals surface area contributed by atoms with Crippen molar-refractivity contribution in [2.24, 2.45) is 5.73 Å². The summed E-state index contributed by atoms with van der Waals surface area (Å²) in [5.41, 5.74) is 9.38. The Hall–Kier alpha value is -2.53. The number of pyridine rings is 2. The van der Waals surface area contributed by atoms with E-state index in [1.165, 1.54) is 0 Å². The van der Waals surface area contributed by atoms with E-state index >= 15 is 0 Å². The van der Waals surface area contributed by atoms with E-state index in [1.807, 2.05) is 43.3 Å². The summed E-state index contributed by atoms with van der Waals surface area (Å²) in [5, 5.41) is 0. The molecule has 0 radical (unpaired) electrons. The SMILES string of the molecule is CC[C@@H](N)c1nc(-c2ccccn2)c(-c2ccccn2)[nH]1. The zero-order valence-electron chi connectivity index (χ0n) is 11.8. The highest BCUT2D eigenvalue weighted by atomic mass is 15.0. The highest BCUT2D eigenvalue weighted by molar-refractivity contribution is 5.74. The Morgan fingerprint density at radius 1 is 1.05 bits per heavy atom. The highest BCUT2D eigenvalue weighted by Crippen LogP contribution is 2.29. The average molecular weight is 279 g/mol. The van der Waals surface area contributed by atoms with E-state index in [0.717, 1.165) is 35.0 Å². The van der Waals surface area contributed by atoms with Crippen LogP contribution >= 0.6 is 0 Å². The summed E-state index contributed by atoms with van der Waals surface area (Å²) in [6.07, 6.45) is 4.33. The quantitative estimate of drug-likeness (QED) is 0.769. The smallest absolute Gasteiger partial charge is 0.124 e. The molecule has 0 aliphatic carbocycles. The van der Waals surface area contributed by atoms with Gasteiger partial charge in [0.15, 0.2) is 0 Å². The number of nitrogens with two attached hydrogens (primary N) is 1. The van der Waals surface area contributed by atoms with Gasteiger partial charge in [0, 0.05) is 12.4 Å². The lowest BCUT2D eigenvalue weighted by atomic mass is 10.2. The van der Waals surface area contributed by atoms with Crippen LogP contribution in [0.25, 0.3) is 22.8 Å². The summed E-state index contributed by atoms with van der Waals surface area (Å²) in [6, 6.07) is 11.4. The van der Waals surface area contributed by atoms with E-state index in [9.17, 15) is 0 Å². The molecule has 0 aliphatic rings. The standard InChI is InChI=1S/C16H17N5/c1-2-11(17)16-20-14(12-7-3-5-9-18-12)15(21-16)13-8-4-6-10-19-13/h3-11H,2,17H2,1H3,(H,20,21)/t11-/m1/s1. The lowest BCUT2D eigenvalue weighted by Crippen LogP contribution is -2.10. The van der Waals surface area contributed by atoms with Gasteiger partial charge in [-0.3, -0.25) is 9.97 Å². The van der Waals surface area contributed by atoms with Crippen molar-refractivity contribution >= 4 is 0 Å². The van der Waals surface area contributed by atoms with Crippen LogP contribution in [0.15, 0.2) is 48.8 Å². The molecule has 1 atom stereocenters. The van der Waals surface area contributed by atoms with Crippen LogP contribution in [-0.4, -0.2) is 19.9 Å². The third-order valence-electron chi connectivity index (χ3n) is 3.34. The monoisotopic (exact) mass is 279 g/mol. The molecule has 0 aromatic carbocycles. The van der Waals surface area contributed by atoms with Gasteiger partial charge in [0.2, 0.25) is 0 Å². The summed E-state index contributed by atoms with van der Waals surface area (Å²) in [6.45, 7) is 2.04. The first-order valence-corrected chi connectivity index (χ1v) is 6.98. The summed E-state index contributed by atoms with van der Waals surface area (Å²) in [4.78, 5) is 16.7. The minimum Gasteiger partial charge on any atom is -0.339 e. The van der Waals surface area contributed by atoms with Crippen molar-refractivity contribution in [1.82, 2.24) is 19.9 Å². The second-order valence-electron chi connectivity index (χ2n) is 4.79. The molecule has 106 valence electrons. The normalized spacial score (nSPS) is 12.3. The topological polar surface area (TPSA) is 80.5 Å². The molecule has 3 rings (SSSR count). The first-order valence-electron chi connectivity index (χ1n) is 6.98. The molecule has 0 aliphatic heterocycles. The van der Waals surface area contributed by atoms with Gasteiger partial charge >= 0.3 is 0 Å². The Bertz CT molecular complexity index is 649. The predicted molar refractivity (Wildman–Crippen MR) is 82.3 cm³/mol. The summed E-state index contributed by atoms with van der Waals surface area (Å²) in [7, 11) is 0. The number of rotatable bonds is 4. The highest BCUT2D eigenvalue weighted by Gasteiger charge is 2.18. The molecule has 0 saturated carbocycles. The molecule has 0 bridgehead atoms. The molecule has 3 N–H and O–H groups in total. The second kappa shape index (κ2) is 5.85. The number of hydrogen-bond donors (Lipinski definition) is 2. The Kier molecular flexibility index (Phi) is 3.75. The first kappa shape index (κ1) is 13.5. The molecule has 3 aromatic heterocycles. The number of hydrogen-bond acceptors (Lipinski definition) is 4. The van der Waals surface area contributed by atoms with Crippen molar-refractivity contribution in [3.63, 3.8) is 0 Å². The predicted octanol–water partition coefficient (Wildman–Crippen LogP) is 2.94. The van der Waals surface area contributed by atoms with Crippen LogP contribution < -0.4 is 5.73 Å². The zero-order valence-corrected chi connectivity index (χ0v) is 11.8. The second-order valence-corrected chi connectivity index (χ2v) is 4.79. The molecule has 0 unspecified atom stereocenters. The van der Waals surface area contributed by atoms with Gasteiger partial charge < -0.3 is 10.7 Å². The van der Waals surface area contributed by atoms with Gasteiger partial charge in [-0.1, -0.05) is 19.1 Å².